The second-order valence-electron chi connectivity index (χ2n) is 4.33. The smallest absolute Gasteiger partial charge is 0.0612 e. The van der Waals surface area contributed by atoms with Gasteiger partial charge in [0.2, 0.25) is 0 Å². The van der Waals surface area contributed by atoms with Crippen molar-refractivity contribution in [2.45, 2.75) is 25.4 Å². The fraction of sp³-hybridized carbons (Fsp3) is 0.429. The molecule has 1 N–H and O–H groups in total. The van der Waals surface area contributed by atoms with E-state index in [2.05, 4.69) is 48.2 Å². The summed E-state index contributed by atoms with van der Waals surface area (Å²) in [7, 11) is 0. The molecular weight excluding hydrogens is 198 g/mol. The van der Waals surface area contributed by atoms with E-state index < -0.39 is 0 Å². The highest BCUT2D eigenvalue weighted by Crippen LogP contribution is 2.33. The SMILES string of the molecule is CC(c1ccccc1)N1CC1C/C=C\CO. The van der Waals surface area contributed by atoms with E-state index in [1.165, 1.54) is 12.1 Å². The number of hydrogen-bond donors (Lipinski definition) is 1. The van der Waals surface area contributed by atoms with Crippen LogP contribution in [0.15, 0.2) is 42.5 Å². The topological polar surface area (TPSA) is 23.2 Å². The van der Waals surface area contributed by atoms with Crippen LogP contribution in [0.4, 0.5) is 0 Å². The third-order valence-corrected chi connectivity index (χ3v) is 3.22. The van der Waals surface area contributed by atoms with Crippen molar-refractivity contribution in [3.05, 3.63) is 48.0 Å². The van der Waals surface area contributed by atoms with Gasteiger partial charge in [0, 0.05) is 18.6 Å². The van der Waals surface area contributed by atoms with Crippen molar-refractivity contribution in [3.8, 4) is 0 Å². The molecule has 3 atom stereocenters. The van der Waals surface area contributed by atoms with E-state index in [0.717, 1.165) is 6.42 Å². The molecule has 0 amide bonds. The van der Waals surface area contributed by atoms with Crippen LogP contribution in [0.3, 0.4) is 0 Å². The molecule has 1 aromatic carbocycles. The molecule has 1 aliphatic heterocycles. The van der Waals surface area contributed by atoms with Crippen molar-refractivity contribution < 1.29 is 5.11 Å². The normalized spacial score (nSPS) is 25.9. The molecule has 1 heterocycles. The molecule has 0 spiro atoms. The van der Waals surface area contributed by atoms with Gasteiger partial charge in [-0.25, -0.2) is 0 Å². The predicted molar refractivity (Wildman–Crippen MR) is 66.2 cm³/mol. The highest BCUT2D eigenvalue weighted by Gasteiger charge is 2.36. The number of nitrogens with zero attached hydrogens (tertiary/aromatic N) is 1. The van der Waals surface area contributed by atoms with Crippen LogP contribution in [-0.2, 0) is 0 Å². The van der Waals surface area contributed by atoms with Gasteiger partial charge in [-0.05, 0) is 18.9 Å². The van der Waals surface area contributed by atoms with Crippen molar-refractivity contribution in [2.75, 3.05) is 13.2 Å². The molecule has 1 aliphatic rings. The summed E-state index contributed by atoms with van der Waals surface area (Å²) in [6.45, 7) is 3.58. The summed E-state index contributed by atoms with van der Waals surface area (Å²) in [5, 5.41) is 8.65. The summed E-state index contributed by atoms with van der Waals surface area (Å²) in [6, 6.07) is 11.8. The van der Waals surface area contributed by atoms with Gasteiger partial charge in [-0.3, -0.25) is 4.90 Å². The molecule has 0 aliphatic carbocycles. The molecule has 86 valence electrons. The van der Waals surface area contributed by atoms with Crippen molar-refractivity contribution in [2.24, 2.45) is 0 Å². The maximum atomic E-state index is 8.65. The first kappa shape index (κ1) is 11.4. The molecule has 2 rings (SSSR count). The minimum absolute atomic E-state index is 0.154. The average Bonchev–Trinajstić information content (AvgIpc) is 3.09. The Labute approximate surface area is 97.2 Å². The number of benzene rings is 1. The summed E-state index contributed by atoms with van der Waals surface area (Å²) in [5.41, 5.74) is 1.39. The lowest BCUT2D eigenvalue weighted by Crippen LogP contribution is -2.08. The van der Waals surface area contributed by atoms with E-state index in [9.17, 15) is 0 Å². The standard InChI is InChI=1S/C14H19NO/c1-12(13-7-3-2-4-8-13)15-11-14(15)9-5-6-10-16/h2-8,12,14,16H,9-11H2,1H3/b6-5-. The molecule has 0 bridgehead atoms. The highest BCUT2D eigenvalue weighted by atomic mass is 16.2. The van der Waals surface area contributed by atoms with Crippen LogP contribution in [0, 0.1) is 0 Å². The number of aliphatic hydroxyl groups is 1. The van der Waals surface area contributed by atoms with Gasteiger partial charge in [0.25, 0.3) is 0 Å². The maximum absolute atomic E-state index is 8.65. The van der Waals surface area contributed by atoms with Crippen molar-refractivity contribution in [1.29, 1.82) is 0 Å². The third-order valence-electron chi connectivity index (χ3n) is 3.22. The molecule has 0 radical (unpaired) electrons. The van der Waals surface area contributed by atoms with E-state index in [4.69, 9.17) is 5.11 Å². The zero-order valence-corrected chi connectivity index (χ0v) is 9.71. The number of hydrogen-bond acceptors (Lipinski definition) is 2. The van der Waals surface area contributed by atoms with Crippen LogP contribution in [-0.4, -0.2) is 29.2 Å². The minimum Gasteiger partial charge on any atom is -0.392 e. The monoisotopic (exact) mass is 217 g/mol. The molecular formula is C14H19NO. The van der Waals surface area contributed by atoms with Gasteiger partial charge in [0.05, 0.1) is 6.61 Å². The Morgan fingerprint density at radius 3 is 2.81 bits per heavy atom. The molecule has 2 nitrogen and oxygen atoms in total. The van der Waals surface area contributed by atoms with E-state index in [1.807, 2.05) is 6.08 Å². The van der Waals surface area contributed by atoms with Crippen molar-refractivity contribution in [1.82, 2.24) is 4.90 Å². The van der Waals surface area contributed by atoms with Crippen molar-refractivity contribution >= 4 is 0 Å². The maximum Gasteiger partial charge on any atom is 0.0612 e. The second kappa shape index (κ2) is 5.28. The lowest BCUT2D eigenvalue weighted by molar-refractivity contribution is 0.342. The molecule has 0 aromatic heterocycles. The van der Waals surface area contributed by atoms with E-state index in [1.54, 1.807) is 0 Å². The van der Waals surface area contributed by atoms with Crippen LogP contribution >= 0.6 is 0 Å². The Kier molecular flexibility index (Phi) is 3.75. The van der Waals surface area contributed by atoms with Crippen LogP contribution in [0.2, 0.25) is 0 Å². The fourth-order valence-corrected chi connectivity index (χ4v) is 2.13. The zero-order valence-electron chi connectivity index (χ0n) is 9.71. The summed E-state index contributed by atoms with van der Waals surface area (Å²) >= 11 is 0. The molecule has 1 fully saturated rings. The lowest BCUT2D eigenvalue weighted by atomic mass is 10.1. The van der Waals surface area contributed by atoms with Gasteiger partial charge in [-0.15, -0.1) is 0 Å². The Bertz CT molecular complexity index is 347. The Morgan fingerprint density at radius 2 is 2.12 bits per heavy atom. The Hall–Kier alpha value is -1.12. The van der Waals surface area contributed by atoms with Crippen LogP contribution in [0.1, 0.15) is 24.9 Å². The van der Waals surface area contributed by atoms with Gasteiger partial charge in [0.15, 0.2) is 0 Å². The average molecular weight is 217 g/mol. The fourth-order valence-electron chi connectivity index (χ4n) is 2.13. The van der Waals surface area contributed by atoms with Gasteiger partial charge in [-0.2, -0.15) is 0 Å². The summed E-state index contributed by atoms with van der Waals surface area (Å²) in [4.78, 5) is 2.48. The minimum atomic E-state index is 0.154. The Balaban J connectivity index is 1.85. The van der Waals surface area contributed by atoms with E-state index in [-0.39, 0.29) is 6.61 Å². The largest absolute Gasteiger partial charge is 0.392 e. The Morgan fingerprint density at radius 1 is 1.38 bits per heavy atom. The lowest BCUT2D eigenvalue weighted by Gasteiger charge is -2.13. The molecule has 3 unspecified atom stereocenters. The van der Waals surface area contributed by atoms with Crippen LogP contribution in [0.25, 0.3) is 0 Å². The number of aliphatic hydroxyl groups excluding tert-OH is 1. The summed E-state index contributed by atoms with van der Waals surface area (Å²) < 4.78 is 0. The summed E-state index contributed by atoms with van der Waals surface area (Å²) in [6.07, 6.45) is 4.95. The summed E-state index contributed by atoms with van der Waals surface area (Å²) in [5.74, 6) is 0. The number of rotatable bonds is 5. The molecule has 0 saturated carbocycles. The predicted octanol–water partition coefficient (Wildman–Crippen LogP) is 2.37. The third kappa shape index (κ3) is 2.71. The zero-order chi connectivity index (χ0) is 11.4. The van der Waals surface area contributed by atoms with Crippen LogP contribution in [0.5, 0.6) is 0 Å². The van der Waals surface area contributed by atoms with Gasteiger partial charge >= 0.3 is 0 Å². The van der Waals surface area contributed by atoms with Gasteiger partial charge < -0.3 is 5.11 Å². The van der Waals surface area contributed by atoms with Crippen LogP contribution < -0.4 is 0 Å². The first-order chi connectivity index (χ1) is 7.83. The first-order valence-corrected chi connectivity index (χ1v) is 5.89. The molecule has 2 heteroatoms. The molecule has 1 aromatic rings. The van der Waals surface area contributed by atoms with E-state index >= 15 is 0 Å². The second-order valence-corrected chi connectivity index (χ2v) is 4.33. The van der Waals surface area contributed by atoms with Gasteiger partial charge in [-0.1, -0.05) is 42.5 Å². The van der Waals surface area contributed by atoms with Gasteiger partial charge in [0.1, 0.15) is 0 Å². The quantitative estimate of drug-likeness (QED) is 0.604. The molecule has 16 heavy (non-hydrogen) atoms. The first-order valence-electron chi connectivity index (χ1n) is 5.89. The van der Waals surface area contributed by atoms with Crippen molar-refractivity contribution in [3.63, 3.8) is 0 Å². The molecule has 1 saturated heterocycles. The van der Waals surface area contributed by atoms with E-state index in [0.29, 0.717) is 12.1 Å². The highest BCUT2D eigenvalue weighted by molar-refractivity contribution is 5.20.